The maximum Gasteiger partial charge on any atom is 0.255 e. The summed E-state index contributed by atoms with van der Waals surface area (Å²) in [7, 11) is 0. The van der Waals surface area contributed by atoms with Crippen LogP contribution in [-0.2, 0) is 4.79 Å². The number of hydrogen-bond donors (Lipinski definition) is 3. The lowest BCUT2D eigenvalue weighted by Crippen LogP contribution is -2.15. The first-order valence-corrected chi connectivity index (χ1v) is 6.24. The van der Waals surface area contributed by atoms with Gasteiger partial charge in [-0.3, -0.25) is 9.59 Å². The molecule has 0 fully saturated rings. The Kier molecular flexibility index (Phi) is 4.36. The molecule has 2 rings (SSSR count). The number of anilines is 2. The van der Waals surface area contributed by atoms with Crippen LogP contribution in [0.1, 0.15) is 17.3 Å². The van der Waals surface area contributed by atoms with E-state index in [4.69, 9.17) is 0 Å². The van der Waals surface area contributed by atoms with E-state index in [9.17, 15) is 23.5 Å². The molecule has 0 saturated carbocycles. The molecular weight excluding hydrogens is 294 g/mol. The van der Waals surface area contributed by atoms with Crippen LogP contribution in [0.3, 0.4) is 0 Å². The van der Waals surface area contributed by atoms with Crippen LogP contribution in [-0.4, -0.2) is 16.9 Å². The Bertz CT molecular complexity index is 727. The predicted octanol–water partition coefficient (Wildman–Crippen LogP) is 2.88. The zero-order chi connectivity index (χ0) is 16.3. The molecule has 0 aliphatic carbocycles. The van der Waals surface area contributed by atoms with E-state index in [1.54, 1.807) is 0 Å². The molecule has 0 aromatic heterocycles. The van der Waals surface area contributed by atoms with E-state index in [-0.39, 0.29) is 16.9 Å². The van der Waals surface area contributed by atoms with Gasteiger partial charge in [0.2, 0.25) is 5.91 Å². The molecule has 5 nitrogen and oxygen atoms in total. The number of phenolic OH excluding ortho intramolecular Hbond substituents is 1. The largest absolute Gasteiger partial charge is 0.506 e. The van der Waals surface area contributed by atoms with Crippen LogP contribution in [0.5, 0.6) is 5.75 Å². The Morgan fingerprint density at radius 3 is 2.41 bits per heavy atom. The SMILES string of the molecule is CC(=O)Nc1cc(C(=O)Nc2c(O)cccc2F)ccc1F. The van der Waals surface area contributed by atoms with Gasteiger partial charge in [0.25, 0.3) is 5.91 Å². The molecule has 2 aromatic rings. The van der Waals surface area contributed by atoms with E-state index < -0.39 is 29.2 Å². The van der Waals surface area contributed by atoms with Crippen LogP contribution in [0.4, 0.5) is 20.2 Å². The molecule has 22 heavy (non-hydrogen) atoms. The summed E-state index contributed by atoms with van der Waals surface area (Å²) < 4.78 is 27.1. The second-order valence-electron chi connectivity index (χ2n) is 4.46. The summed E-state index contributed by atoms with van der Waals surface area (Å²) >= 11 is 0. The van der Waals surface area contributed by atoms with Crippen LogP contribution in [0.15, 0.2) is 36.4 Å². The Balaban J connectivity index is 2.28. The summed E-state index contributed by atoms with van der Waals surface area (Å²) in [6, 6.07) is 6.86. The zero-order valence-electron chi connectivity index (χ0n) is 11.5. The summed E-state index contributed by atoms with van der Waals surface area (Å²) in [6.07, 6.45) is 0. The zero-order valence-corrected chi connectivity index (χ0v) is 11.5. The van der Waals surface area contributed by atoms with Crippen molar-refractivity contribution in [3.63, 3.8) is 0 Å². The van der Waals surface area contributed by atoms with Crippen molar-refractivity contribution in [2.45, 2.75) is 6.92 Å². The molecule has 0 aliphatic rings. The maximum atomic E-state index is 13.6. The van der Waals surface area contributed by atoms with Gasteiger partial charge in [0.15, 0.2) is 5.82 Å². The Hall–Kier alpha value is -2.96. The molecule has 114 valence electrons. The fourth-order valence-electron chi connectivity index (χ4n) is 1.77. The van der Waals surface area contributed by atoms with Crippen LogP contribution in [0.2, 0.25) is 0 Å². The third-order valence-electron chi connectivity index (χ3n) is 2.77. The van der Waals surface area contributed by atoms with Crippen LogP contribution in [0, 0.1) is 11.6 Å². The lowest BCUT2D eigenvalue weighted by atomic mass is 10.1. The van der Waals surface area contributed by atoms with Crippen molar-refractivity contribution in [1.29, 1.82) is 0 Å². The topological polar surface area (TPSA) is 78.4 Å². The number of halogens is 2. The van der Waals surface area contributed by atoms with Crippen molar-refractivity contribution in [3.8, 4) is 5.75 Å². The highest BCUT2D eigenvalue weighted by molar-refractivity contribution is 6.06. The number of phenols is 1. The van der Waals surface area contributed by atoms with Gasteiger partial charge in [-0.25, -0.2) is 8.78 Å². The fourth-order valence-corrected chi connectivity index (χ4v) is 1.77. The third kappa shape index (κ3) is 3.38. The standard InChI is InChI=1S/C15H12F2N2O3/c1-8(20)18-12-7-9(5-6-10(12)16)15(22)19-14-11(17)3-2-4-13(14)21/h2-7,21H,1H3,(H,18,20)(H,19,22). The van der Waals surface area contributed by atoms with Crippen LogP contribution in [0.25, 0.3) is 0 Å². The van der Waals surface area contributed by atoms with Crippen molar-refractivity contribution in [1.82, 2.24) is 0 Å². The van der Waals surface area contributed by atoms with Gasteiger partial charge in [-0.1, -0.05) is 6.07 Å². The maximum absolute atomic E-state index is 13.6. The first kappa shape index (κ1) is 15.4. The average molecular weight is 306 g/mol. The average Bonchev–Trinajstić information content (AvgIpc) is 2.44. The molecule has 0 spiro atoms. The van der Waals surface area contributed by atoms with Gasteiger partial charge in [-0.05, 0) is 30.3 Å². The van der Waals surface area contributed by atoms with Crippen molar-refractivity contribution in [2.75, 3.05) is 10.6 Å². The minimum absolute atomic E-state index is 0.00666. The molecule has 0 unspecified atom stereocenters. The van der Waals surface area contributed by atoms with Crippen molar-refractivity contribution < 1.29 is 23.5 Å². The molecule has 0 heterocycles. The van der Waals surface area contributed by atoms with Gasteiger partial charge in [-0.15, -0.1) is 0 Å². The first-order valence-electron chi connectivity index (χ1n) is 6.24. The highest BCUT2D eigenvalue weighted by atomic mass is 19.1. The van der Waals surface area contributed by atoms with Crippen molar-refractivity contribution in [3.05, 3.63) is 53.6 Å². The van der Waals surface area contributed by atoms with Gasteiger partial charge in [0.1, 0.15) is 17.3 Å². The molecule has 7 heteroatoms. The van der Waals surface area contributed by atoms with Gasteiger partial charge < -0.3 is 15.7 Å². The third-order valence-corrected chi connectivity index (χ3v) is 2.77. The lowest BCUT2D eigenvalue weighted by Gasteiger charge is -2.10. The molecule has 0 saturated heterocycles. The van der Waals surface area contributed by atoms with Crippen LogP contribution < -0.4 is 10.6 Å². The smallest absolute Gasteiger partial charge is 0.255 e. The van der Waals surface area contributed by atoms with Crippen molar-refractivity contribution in [2.24, 2.45) is 0 Å². The second-order valence-corrected chi connectivity index (χ2v) is 4.46. The number of rotatable bonds is 3. The molecule has 0 radical (unpaired) electrons. The summed E-state index contributed by atoms with van der Waals surface area (Å²) in [5.74, 6) is -3.20. The fraction of sp³-hybridized carbons (Fsp3) is 0.0667. The van der Waals surface area contributed by atoms with Gasteiger partial charge in [0.05, 0.1) is 5.69 Å². The van der Waals surface area contributed by atoms with E-state index in [1.165, 1.54) is 25.1 Å². The highest BCUT2D eigenvalue weighted by Gasteiger charge is 2.15. The normalized spacial score (nSPS) is 10.1. The molecule has 2 aromatic carbocycles. The molecular formula is C15H12F2N2O3. The van der Waals surface area contributed by atoms with Gasteiger partial charge in [-0.2, -0.15) is 0 Å². The molecule has 0 atom stereocenters. The number of benzene rings is 2. The monoisotopic (exact) mass is 306 g/mol. The number of carbonyl (C=O) groups is 2. The molecule has 3 N–H and O–H groups in total. The number of amides is 2. The summed E-state index contributed by atoms with van der Waals surface area (Å²) in [5, 5.41) is 14.0. The lowest BCUT2D eigenvalue weighted by molar-refractivity contribution is -0.114. The predicted molar refractivity (Wildman–Crippen MR) is 76.7 cm³/mol. The van der Waals surface area contributed by atoms with Gasteiger partial charge in [0, 0.05) is 12.5 Å². The quantitative estimate of drug-likeness (QED) is 0.763. The number of nitrogens with one attached hydrogen (secondary N) is 2. The molecule has 0 aliphatic heterocycles. The van der Waals surface area contributed by atoms with E-state index in [0.29, 0.717) is 0 Å². The molecule has 0 bridgehead atoms. The van der Waals surface area contributed by atoms with Crippen LogP contribution >= 0.6 is 0 Å². The number of carbonyl (C=O) groups excluding carboxylic acids is 2. The highest BCUT2D eigenvalue weighted by Crippen LogP contribution is 2.26. The first-order chi connectivity index (χ1) is 10.4. The number of aromatic hydroxyl groups is 1. The Labute approximate surface area is 124 Å². The Morgan fingerprint density at radius 2 is 1.77 bits per heavy atom. The summed E-state index contributed by atoms with van der Waals surface area (Å²) in [5.41, 5.74) is -0.552. The van der Waals surface area contributed by atoms with E-state index in [1.807, 2.05) is 0 Å². The second kappa shape index (κ2) is 6.21. The van der Waals surface area contributed by atoms with E-state index in [0.717, 1.165) is 18.2 Å². The minimum atomic E-state index is -0.808. The van der Waals surface area contributed by atoms with Crippen molar-refractivity contribution >= 4 is 23.2 Å². The summed E-state index contributed by atoms with van der Waals surface area (Å²) in [4.78, 5) is 23.0. The van der Waals surface area contributed by atoms with Gasteiger partial charge >= 0.3 is 0 Å². The number of hydrogen-bond acceptors (Lipinski definition) is 3. The Morgan fingerprint density at radius 1 is 1.05 bits per heavy atom. The molecule has 2 amide bonds. The van der Waals surface area contributed by atoms with E-state index >= 15 is 0 Å². The minimum Gasteiger partial charge on any atom is -0.506 e. The summed E-state index contributed by atoms with van der Waals surface area (Å²) in [6.45, 7) is 1.20. The number of para-hydroxylation sites is 1. The van der Waals surface area contributed by atoms with E-state index in [2.05, 4.69) is 10.6 Å².